The number of nitro groups is 2. The summed E-state index contributed by atoms with van der Waals surface area (Å²) in [5, 5.41) is 43.7. The number of nitrogens with two attached hydrogens (primary N) is 2. The van der Waals surface area contributed by atoms with Crippen molar-refractivity contribution >= 4 is 136 Å². The van der Waals surface area contributed by atoms with Crippen LogP contribution in [0.2, 0.25) is 20.1 Å². The molecule has 10 heterocycles. The number of nitro benzene ring substituents is 2. The summed E-state index contributed by atoms with van der Waals surface area (Å²) in [7, 11) is 0. The molecule has 30 heteroatoms. The zero-order valence-electron chi connectivity index (χ0n) is 85.0. The van der Waals surface area contributed by atoms with Gasteiger partial charge in [-0.1, -0.05) is 156 Å². The van der Waals surface area contributed by atoms with E-state index in [1.807, 2.05) is 153 Å². The number of pyridine rings is 6. The molecule has 150 heavy (non-hydrogen) atoms. The number of likely N-dealkylation sites (tertiary alicyclic amines) is 4. The summed E-state index contributed by atoms with van der Waals surface area (Å²) < 4.78 is 0. The number of benzene rings is 10. The SMILES string of the molecule is Clc1ccc2c(NCCCN3CCC(N(Cc4ccccc4)Cc4ccccc4)CC3)ccnc2c1.Clc1ccc2c(NCCCN3CCC(N(Cc4ccncc4)Cc4ccncc4)CC3)ccnc2c1.Nc1ccc(CN(Cc2ccc(N)cc2)C2CCN(CCNc3ccnc4cc(Cl)ccc34)CC2)cc1.O=[N+]([O-])c1ccc(CN(Cc2ccc([N+](=O)[O-])cc2)C2CCN(CCNc3ccnc4cc(Cl)ccc34)CC2)cc1. The summed E-state index contributed by atoms with van der Waals surface area (Å²) in [4.78, 5) is 68.1. The summed E-state index contributed by atoms with van der Waals surface area (Å²) in [5.41, 5.74) is 31.6. The van der Waals surface area contributed by atoms with Crippen molar-refractivity contribution in [2.24, 2.45) is 0 Å². The summed E-state index contributed by atoms with van der Waals surface area (Å²) in [5.74, 6) is 0. The van der Waals surface area contributed by atoms with Crippen LogP contribution in [0.1, 0.15) is 109 Å². The van der Waals surface area contributed by atoms with E-state index < -0.39 is 9.85 Å². The first kappa shape index (κ1) is 108. The van der Waals surface area contributed by atoms with Crippen LogP contribution >= 0.6 is 46.4 Å². The van der Waals surface area contributed by atoms with Gasteiger partial charge in [0, 0.05) is 265 Å². The Morgan fingerprint density at radius 2 is 0.513 bits per heavy atom. The molecule has 0 bridgehead atoms. The van der Waals surface area contributed by atoms with Crippen LogP contribution in [0.25, 0.3) is 43.6 Å². The van der Waals surface area contributed by atoms with Gasteiger partial charge in [-0.25, -0.2) is 0 Å². The van der Waals surface area contributed by atoms with E-state index in [9.17, 15) is 20.2 Å². The molecule has 0 aliphatic carbocycles. The largest absolute Gasteiger partial charge is 0.399 e. The number of halogens is 4. The van der Waals surface area contributed by atoms with Gasteiger partial charge in [-0.15, -0.1) is 0 Å². The van der Waals surface area contributed by atoms with Crippen LogP contribution in [0.4, 0.5) is 45.5 Å². The van der Waals surface area contributed by atoms with Gasteiger partial charge in [-0.05, 0) is 320 Å². The van der Waals surface area contributed by atoms with Crippen molar-refractivity contribution in [2.45, 2.75) is 141 Å². The number of nitrogens with zero attached hydrogens (tertiary/aromatic N) is 16. The lowest BCUT2D eigenvalue weighted by Gasteiger charge is -2.39. The highest BCUT2D eigenvalue weighted by Gasteiger charge is 2.31. The van der Waals surface area contributed by atoms with Crippen LogP contribution in [-0.4, -0.2) is 208 Å². The summed E-state index contributed by atoms with van der Waals surface area (Å²) in [6.07, 6.45) is 26.2. The minimum absolute atomic E-state index is 0.0705. The molecule has 0 radical (unpaired) electrons. The van der Waals surface area contributed by atoms with Crippen LogP contribution in [0.3, 0.4) is 0 Å². The highest BCUT2D eigenvalue weighted by Crippen LogP contribution is 2.34. The molecule has 20 rings (SSSR count). The van der Waals surface area contributed by atoms with Gasteiger partial charge in [0.2, 0.25) is 0 Å². The Balaban J connectivity index is 0.000000136. The molecule has 16 aromatic rings. The summed E-state index contributed by atoms with van der Waals surface area (Å²) in [6.45, 7) is 23.5. The Kier molecular flexibility index (Phi) is 39.8. The molecule has 0 unspecified atom stereocenters. The van der Waals surface area contributed by atoms with Crippen molar-refractivity contribution in [3.63, 3.8) is 0 Å². The summed E-state index contributed by atoms with van der Waals surface area (Å²) in [6, 6.07) is 93.8. The third-order valence-electron chi connectivity index (χ3n) is 29.1. The Hall–Kier alpha value is -13.4. The van der Waals surface area contributed by atoms with E-state index in [1.54, 1.807) is 30.5 Å². The molecule has 0 atom stereocenters. The predicted molar refractivity (Wildman–Crippen MR) is 614 cm³/mol. The van der Waals surface area contributed by atoms with Crippen molar-refractivity contribution in [3.8, 4) is 0 Å². The molecular formula is C120H134Cl4N22O4. The molecule has 0 saturated carbocycles. The number of hydrogen-bond donors (Lipinski definition) is 6. The minimum atomic E-state index is -0.393. The quantitative estimate of drug-likeness (QED) is 0.00900. The lowest BCUT2D eigenvalue weighted by atomic mass is 10.0. The fraction of sp³-hybridized carbons (Fsp3) is 0.317. The van der Waals surface area contributed by atoms with Crippen LogP contribution < -0.4 is 32.7 Å². The maximum absolute atomic E-state index is 11.1. The number of fused-ring (bicyclic) bond motifs is 4. The smallest absolute Gasteiger partial charge is 0.269 e. The predicted octanol–water partition coefficient (Wildman–Crippen LogP) is 24.4. The van der Waals surface area contributed by atoms with Gasteiger partial charge in [0.1, 0.15) is 0 Å². The van der Waals surface area contributed by atoms with Gasteiger partial charge < -0.3 is 52.3 Å². The molecule has 4 fully saturated rings. The average molecular weight is 2090 g/mol. The number of nitrogen functional groups attached to an aromatic ring is 2. The van der Waals surface area contributed by atoms with E-state index >= 15 is 0 Å². The number of piperidine rings is 4. The average Bonchev–Trinajstić information content (AvgIpc) is 0.825. The number of hydrogen-bond acceptors (Lipinski definition) is 24. The Morgan fingerprint density at radius 3 is 0.773 bits per heavy atom. The molecule has 26 nitrogen and oxygen atoms in total. The van der Waals surface area contributed by atoms with E-state index in [0.717, 1.165) is 268 Å². The number of rotatable bonds is 40. The highest BCUT2D eigenvalue weighted by molar-refractivity contribution is 6.32. The Labute approximate surface area is 899 Å². The fourth-order valence-corrected chi connectivity index (χ4v) is 21.5. The maximum atomic E-state index is 11.1. The number of anilines is 6. The first-order valence-electron chi connectivity index (χ1n) is 52.4. The van der Waals surface area contributed by atoms with E-state index in [-0.39, 0.29) is 11.4 Å². The second-order valence-corrected chi connectivity index (χ2v) is 41.2. The first-order chi connectivity index (χ1) is 73.4. The molecule has 0 amide bonds. The molecule has 776 valence electrons. The molecule has 4 saturated heterocycles. The summed E-state index contributed by atoms with van der Waals surface area (Å²) >= 11 is 24.5. The van der Waals surface area contributed by atoms with Crippen LogP contribution in [0.5, 0.6) is 0 Å². The van der Waals surface area contributed by atoms with E-state index in [0.29, 0.717) is 47.3 Å². The standard InChI is InChI=1S/C31H35ClN4.C30H31ClN6O4.C30H35ClN6.C29H33ClN6/c32-27-12-13-29-30(14-18-34-31(29)22-27)33-17-7-19-35-20-15-28(16-21-35)36(23-25-8-3-1-4-9-25)24-26-10-5-2-6-11-26;31-24-5-10-28-29(11-14-32-30(28)19-24)33-15-18-34-16-12-25(13-17-34)35(20-22-1-6-26(7-2-22)36(38)39)21-23-3-8-27(9-4-23)37(40)41;31-24-5-10-28-29(11-14-34-30(28)19-24)35-15-18-36-16-12-27(13-17-36)37(20-22-1-6-25(32)7-2-22)21-23-3-8-26(33)9-4-23;30-25-2-3-27-28(8-16-34-29(27)20-25)33-11-1-17-35-18-9-26(10-19-35)36(21-23-4-12-31-13-5-23)22-24-6-14-32-15-7-24/h1-6,8-14,18,22,28H,7,15-17,19-21,23-24H2,(H,33,34);1-11,14,19,25H,12-13,15-18,20-21H2,(H,32,33);1-11,14,19,27H,12-13,15-18,20-21,32-33H2,(H,34,35);2-8,12-16,20,26H,1,9-11,17-19,21-22H2,(H,33,34). The Bertz CT molecular complexity index is 6540. The fourth-order valence-electron chi connectivity index (χ4n) is 20.9. The topological polar surface area (TPSA) is 290 Å². The minimum Gasteiger partial charge on any atom is -0.399 e. The first-order valence-corrected chi connectivity index (χ1v) is 53.9. The van der Waals surface area contributed by atoms with Gasteiger partial charge in [-0.3, -0.25) is 69.7 Å². The molecule has 0 spiro atoms. The van der Waals surface area contributed by atoms with Crippen molar-refractivity contribution in [3.05, 3.63) is 413 Å². The maximum Gasteiger partial charge on any atom is 0.269 e. The van der Waals surface area contributed by atoms with Gasteiger partial charge in [0.25, 0.3) is 11.4 Å². The number of non-ortho nitro benzene ring substituents is 2. The molecule has 8 N–H and O–H groups in total. The lowest BCUT2D eigenvalue weighted by molar-refractivity contribution is -0.385. The van der Waals surface area contributed by atoms with Crippen molar-refractivity contribution in [1.29, 1.82) is 0 Å². The van der Waals surface area contributed by atoms with Crippen LogP contribution in [0, 0.1) is 20.2 Å². The van der Waals surface area contributed by atoms with Gasteiger partial charge >= 0.3 is 0 Å². The normalized spacial score (nSPS) is 14.8. The van der Waals surface area contributed by atoms with E-state index in [4.69, 9.17) is 57.9 Å². The Morgan fingerprint density at radius 1 is 0.280 bits per heavy atom. The van der Waals surface area contributed by atoms with E-state index in [2.05, 4.69) is 212 Å². The number of aromatic nitrogens is 6. The number of nitrogens with one attached hydrogen (secondary N) is 4. The third kappa shape index (κ3) is 32.3. The molecule has 4 aliphatic heterocycles. The highest BCUT2D eigenvalue weighted by atomic mass is 35.5. The van der Waals surface area contributed by atoms with E-state index in [1.165, 1.54) is 96.4 Å². The van der Waals surface area contributed by atoms with Gasteiger partial charge in [0.15, 0.2) is 0 Å². The second-order valence-electron chi connectivity index (χ2n) is 39.4. The molecule has 10 aromatic carbocycles. The van der Waals surface area contributed by atoms with Crippen molar-refractivity contribution < 1.29 is 9.85 Å². The molecular weight excluding hydrogens is 1960 g/mol. The zero-order chi connectivity index (χ0) is 104. The van der Waals surface area contributed by atoms with Crippen LogP contribution in [-0.2, 0) is 52.4 Å². The molecule has 4 aliphatic rings. The van der Waals surface area contributed by atoms with Gasteiger partial charge in [0.05, 0.1) is 31.9 Å². The lowest BCUT2D eigenvalue weighted by Crippen LogP contribution is -2.45. The van der Waals surface area contributed by atoms with Gasteiger partial charge in [-0.2, -0.15) is 0 Å². The van der Waals surface area contributed by atoms with Crippen molar-refractivity contribution in [1.82, 2.24) is 69.1 Å². The molecule has 6 aromatic heterocycles. The third-order valence-corrected chi connectivity index (χ3v) is 30.0. The zero-order valence-corrected chi connectivity index (χ0v) is 88.0. The monoisotopic (exact) mass is 2090 g/mol. The van der Waals surface area contributed by atoms with Crippen LogP contribution in [0.15, 0.2) is 329 Å². The van der Waals surface area contributed by atoms with Crippen molar-refractivity contribution in [2.75, 3.05) is 137 Å². The second kappa shape index (κ2) is 55.4.